The first kappa shape index (κ1) is 82.9. The van der Waals surface area contributed by atoms with E-state index in [0.717, 1.165) is 36.8 Å². The van der Waals surface area contributed by atoms with Crippen molar-refractivity contribution in [2.75, 3.05) is 14.1 Å². The summed E-state index contributed by atoms with van der Waals surface area (Å²) in [5.41, 5.74) is 1.68. The molecule has 0 spiro atoms. The second-order valence-electron chi connectivity index (χ2n) is 28.5. The largest absolute Gasteiger partial charge is 0.458 e. The number of aliphatic hydroxyl groups excluding tert-OH is 13. The number of fused-ring (bicyclic) bond motifs is 2. The van der Waals surface area contributed by atoms with Crippen LogP contribution >= 0.6 is 0 Å². The SMILES string of the molecule is CCCCCC1/C=C(\C)[C@@H](O)C[C@H](O)CCC[C@H](O)[C@@H](C)[C@H](O)C/C=C/C=C(\C)C[C@H](C)[C@@H]2C[C@H](OC3O[C@H](C)[C@@H](O)[C@H](N(C)C)[C@H]3O)[C@@H](C)C(O)(CC(=O)OC(C)/C=C/[C@@H](O)C[C@@H](O)CCC[C@H](O)[C@@H](C)[C@H](O)CC[C@H](C)[C@H](O)C[C@@H](O)CCCCC(O)C1)O2. The lowest BCUT2D eigenvalue weighted by atomic mass is 9.81. The predicted octanol–water partition coefficient (Wildman–Crippen LogP) is 6.96. The van der Waals surface area contributed by atoms with Gasteiger partial charge in [-0.15, -0.1) is 0 Å². The molecular formula is C71H129NO19. The molecular weight excluding hydrogens is 1170 g/mol. The molecule has 0 aliphatic carbocycles. The molecule has 14 N–H and O–H groups in total. The van der Waals surface area contributed by atoms with Crippen LogP contribution in [0.3, 0.4) is 0 Å². The Morgan fingerprint density at radius 2 is 1.20 bits per heavy atom. The van der Waals surface area contributed by atoms with Gasteiger partial charge in [0, 0.05) is 37.0 Å². The summed E-state index contributed by atoms with van der Waals surface area (Å²) in [6.07, 6.45) is 5.19. The van der Waals surface area contributed by atoms with Gasteiger partial charge in [-0.25, -0.2) is 0 Å². The number of cyclic esters (lactones) is 1. The van der Waals surface area contributed by atoms with Gasteiger partial charge < -0.3 is 95.3 Å². The summed E-state index contributed by atoms with van der Waals surface area (Å²) in [6, 6.07) is -0.726. The maximum absolute atomic E-state index is 13.7. The first-order chi connectivity index (χ1) is 42.8. The highest BCUT2D eigenvalue weighted by atomic mass is 16.7. The molecule has 0 saturated carbocycles. The van der Waals surface area contributed by atoms with E-state index in [1.54, 1.807) is 53.6 Å². The summed E-state index contributed by atoms with van der Waals surface area (Å²) in [5, 5.41) is 156. The first-order valence-corrected chi connectivity index (χ1v) is 34.9. The molecule has 5 unspecified atom stereocenters. The van der Waals surface area contributed by atoms with E-state index in [0.29, 0.717) is 83.5 Å². The average molecular weight is 1300 g/mol. The Bertz CT molecular complexity index is 2110. The van der Waals surface area contributed by atoms with Gasteiger partial charge in [0.15, 0.2) is 12.1 Å². The van der Waals surface area contributed by atoms with Crippen molar-refractivity contribution >= 4 is 5.97 Å². The molecule has 0 aromatic heterocycles. The number of unbranched alkanes of at least 4 members (excludes halogenated alkanes) is 2. The summed E-state index contributed by atoms with van der Waals surface area (Å²) in [5.74, 6) is -5.17. The number of likely N-dealkylation sites (N-methyl/N-ethyl adjacent to an activating group) is 1. The van der Waals surface area contributed by atoms with Gasteiger partial charge in [-0.2, -0.15) is 0 Å². The lowest BCUT2D eigenvalue weighted by molar-refractivity contribution is -0.349. The van der Waals surface area contributed by atoms with Crippen LogP contribution in [-0.2, 0) is 23.7 Å². The number of allylic oxidation sites excluding steroid dienone is 4. The van der Waals surface area contributed by atoms with Crippen molar-refractivity contribution in [1.82, 2.24) is 4.90 Å². The number of aliphatic hydroxyl groups is 14. The Morgan fingerprint density at radius 1 is 0.626 bits per heavy atom. The molecule has 2 saturated heterocycles. The number of carbonyl (C=O) groups excluding carboxylic acids is 1. The number of nitrogens with zero attached hydrogens (tertiary/aromatic N) is 1. The maximum atomic E-state index is 13.7. The van der Waals surface area contributed by atoms with Gasteiger partial charge in [-0.3, -0.25) is 4.79 Å². The van der Waals surface area contributed by atoms with Crippen LogP contribution in [0.2, 0.25) is 0 Å². The fourth-order valence-corrected chi connectivity index (χ4v) is 13.3. The molecule has 0 amide bonds. The van der Waals surface area contributed by atoms with Crippen molar-refractivity contribution < 1.29 is 95.2 Å². The van der Waals surface area contributed by atoms with E-state index >= 15 is 0 Å². The monoisotopic (exact) mass is 1300 g/mol. The van der Waals surface area contributed by atoms with E-state index in [9.17, 15) is 76.3 Å². The van der Waals surface area contributed by atoms with Crippen molar-refractivity contribution in [3.63, 3.8) is 0 Å². The number of rotatable bonds is 7. The molecule has 532 valence electrons. The third kappa shape index (κ3) is 29.9. The summed E-state index contributed by atoms with van der Waals surface area (Å²) >= 11 is 0. The molecule has 3 rings (SSSR count). The van der Waals surface area contributed by atoms with Crippen LogP contribution in [-0.4, -0.2) is 218 Å². The fourth-order valence-electron chi connectivity index (χ4n) is 13.3. The van der Waals surface area contributed by atoms with Crippen LogP contribution in [0.4, 0.5) is 0 Å². The lowest BCUT2D eigenvalue weighted by Crippen LogP contribution is -2.64. The first-order valence-electron chi connectivity index (χ1n) is 34.9. The summed E-state index contributed by atoms with van der Waals surface area (Å²) in [6.45, 7) is 18.3. The molecule has 2 bridgehead atoms. The number of hydrogen-bond acceptors (Lipinski definition) is 20. The molecule has 3 aliphatic heterocycles. The van der Waals surface area contributed by atoms with Gasteiger partial charge >= 0.3 is 5.97 Å². The smallest absolute Gasteiger partial charge is 0.311 e. The van der Waals surface area contributed by atoms with Gasteiger partial charge in [0.25, 0.3) is 0 Å². The van der Waals surface area contributed by atoms with Crippen LogP contribution in [0.25, 0.3) is 0 Å². The predicted molar refractivity (Wildman–Crippen MR) is 352 cm³/mol. The molecule has 3 heterocycles. The lowest BCUT2D eigenvalue weighted by Gasteiger charge is -2.50. The third-order valence-electron chi connectivity index (χ3n) is 20.0. The molecule has 0 aromatic rings. The highest BCUT2D eigenvalue weighted by molar-refractivity contribution is 5.71. The van der Waals surface area contributed by atoms with Gasteiger partial charge in [0.1, 0.15) is 12.2 Å². The van der Waals surface area contributed by atoms with Crippen molar-refractivity contribution in [2.24, 2.45) is 35.5 Å². The normalized spacial score (nSPS) is 43.7. The van der Waals surface area contributed by atoms with Gasteiger partial charge in [-0.1, -0.05) is 110 Å². The standard InChI is InChI=1S/C71H129NO19/c1-13-14-15-23-52-36-45(4)63(83)40-56(76)27-21-30-59(79)48(7)58(78)28-19-16-22-43(2)35-46(5)64-41-65(90-70-69(86)67(72(11)12)68(85)51(10)89-70)50(9)71(87,91-64)42-66(84)88-47(6)32-33-57(77)38-54(74)26-20-29-60(80)49(8)61(81)34-31-44(3)62(82)39-55(75)25-18-17-24-53(73)37-52/h16,19,22,32-33,36,44,46-65,67-70,73-83,85-87H,13-15,17-18,20-21,23-31,34-35,37-42H2,1-12H3/b19-16+,33-32+,43-22+,45-36+/t44-,46-,47?,48-,49+,50+,51+,52?,53?,54-,55-,56+,57+,58+,59-,60-,61+,62+,63-,64-,65-,67-,68+,69+,70?,71?/m0/s1. The number of esters is 1. The van der Waals surface area contributed by atoms with Crippen molar-refractivity contribution in [2.45, 2.75) is 345 Å². The zero-order valence-corrected chi connectivity index (χ0v) is 57.6. The van der Waals surface area contributed by atoms with Gasteiger partial charge in [0.05, 0.1) is 104 Å². The Hall–Kier alpha value is -2.29. The van der Waals surface area contributed by atoms with Gasteiger partial charge in [0.2, 0.25) is 0 Å². The van der Waals surface area contributed by atoms with E-state index in [1.165, 1.54) is 12.2 Å². The Labute approximate surface area is 546 Å². The summed E-state index contributed by atoms with van der Waals surface area (Å²) in [7, 11) is 3.47. The van der Waals surface area contributed by atoms with Crippen LogP contribution in [0, 0.1) is 35.5 Å². The zero-order chi connectivity index (χ0) is 68.3. The van der Waals surface area contributed by atoms with E-state index in [1.807, 2.05) is 52.0 Å². The van der Waals surface area contributed by atoms with Crippen LogP contribution in [0.5, 0.6) is 0 Å². The second kappa shape index (κ2) is 42.4. The van der Waals surface area contributed by atoms with Gasteiger partial charge in [-0.05, 0) is 168 Å². The van der Waals surface area contributed by atoms with Crippen LogP contribution < -0.4 is 0 Å². The molecule has 3 aliphatic rings. The molecule has 0 aromatic carbocycles. The highest BCUT2D eigenvalue weighted by Gasteiger charge is 2.53. The number of ether oxygens (including phenoxy) is 4. The van der Waals surface area contributed by atoms with E-state index in [-0.39, 0.29) is 56.3 Å². The minimum atomic E-state index is -2.12. The second-order valence-corrected chi connectivity index (χ2v) is 28.5. The average Bonchev–Trinajstić information content (AvgIpc) is 0.814. The third-order valence-corrected chi connectivity index (χ3v) is 20.0. The molecule has 91 heavy (non-hydrogen) atoms. The van der Waals surface area contributed by atoms with Crippen molar-refractivity contribution in [3.8, 4) is 0 Å². The minimum Gasteiger partial charge on any atom is -0.458 e. The summed E-state index contributed by atoms with van der Waals surface area (Å²) < 4.78 is 24.7. The molecule has 20 heteroatoms. The number of carbonyl (C=O) groups is 1. The zero-order valence-electron chi connectivity index (χ0n) is 57.6. The maximum Gasteiger partial charge on any atom is 0.311 e. The summed E-state index contributed by atoms with van der Waals surface area (Å²) in [4.78, 5) is 15.4. The Balaban J connectivity index is 1.80. The van der Waals surface area contributed by atoms with E-state index in [2.05, 4.69) is 6.92 Å². The molecule has 26 atom stereocenters. The Morgan fingerprint density at radius 3 is 1.81 bits per heavy atom. The van der Waals surface area contributed by atoms with E-state index < -0.39 is 152 Å². The number of hydrogen-bond donors (Lipinski definition) is 14. The van der Waals surface area contributed by atoms with Crippen molar-refractivity contribution in [1.29, 1.82) is 0 Å². The highest BCUT2D eigenvalue weighted by Crippen LogP contribution is 2.42. The molecule has 2 fully saturated rings. The van der Waals surface area contributed by atoms with Crippen LogP contribution in [0.15, 0.2) is 47.6 Å². The van der Waals surface area contributed by atoms with Crippen LogP contribution in [0.1, 0.15) is 223 Å². The van der Waals surface area contributed by atoms with E-state index in [4.69, 9.17) is 18.9 Å². The fraction of sp³-hybridized carbons (Fsp3) is 0.873. The molecule has 0 radical (unpaired) electrons. The Kier molecular flexibility index (Phi) is 38.6. The minimum absolute atomic E-state index is 0.0292. The quantitative estimate of drug-likeness (QED) is 0.0696. The molecule has 20 nitrogen and oxygen atoms in total. The topological polar surface area (TPSA) is 340 Å². The van der Waals surface area contributed by atoms with Crippen molar-refractivity contribution in [3.05, 3.63) is 47.6 Å².